The second-order valence-corrected chi connectivity index (χ2v) is 3.98. The van der Waals surface area contributed by atoms with Gasteiger partial charge in [0.1, 0.15) is 18.1 Å². The minimum Gasteiger partial charge on any atom is -0.486 e. The normalized spacial score (nSPS) is 9.93. The van der Waals surface area contributed by atoms with Crippen LogP contribution >= 0.6 is 15.9 Å². The quantitative estimate of drug-likeness (QED) is 0.899. The SMILES string of the molecule is C=C(Br)COc1ccc(C)nc1CO. The molecule has 1 N–H and O–H groups in total. The van der Waals surface area contributed by atoms with Crippen LogP contribution in [0.1, 0.15) is 11.4 Å². The number of halogens is 1. The van der Waals surface area contributed by atoms with Crippen molar-refractivity contribution in [1.82, 2.24) is 4.98 Å². The third-order valence-corrected chi connectivity index (χ3v) is 1.83. The summed E-state index contributed by atoms with van der Waals surface area (Å²) in [4.78, 5) is 4.15. The Kier molecular flexibility index (Phi) is 4.10. The molecule has 0 aliphatic rings. The highest BCUT2D eigenvalue weighted by Gasteiger charge is 2.04. The van der Waals surface area contributed by atoms with E-state index in [1.165, 1.54) is 0 Å². The fourth-order valence-electron chi connectivity index (χ4n) is 0.998. The molecule has 1 aromatic rings. The van der Waals surface area contributed by atoms with Crippen LogP contribution in [0, 0.1) is 6.92 Å². The number of pyridine rings is 1. The summed E-state index contributed by atoms with van der Waals surface area (Å²) in [6, 6.07) is 3.63. The van der Waals surface area contributed by atoms with E-state index in [9.17, 15) is 0 Å². The molecule has 1 rings (SSSR count). The number of aliphatic hydroxyl groups is 1. The number of hydrogen-bond acceptors (Lipinski definition) is 3. The standard InChI is InChI=1S/C10H12BrNO2/c1-7(11)6-14-10-4-3-8(2)12-9(10)5-13/h3-4,13H,1,5-6H2,2H3. The molecule has 0 aliphatic carbocycles. The summed E-state index contributed by atoms with van der Waals surface area (Å²) in [7, 11) is 0. The lowest BCUT2D eigenvalue weighted by atomic mass is 10.3. The van der Waals surface area contributed by atoms with E-state index in [0.717, 1.165) is 10.2 Å². The van der Waals surface area contributed by atoms with Crippen molar-refractivity contribution < 1.29 is 9.84 Å². The zero-order valence-corrected chi connectivity index (χ0v) is 9.54. The Morgan fingerprint density at radius 1 is 1.64 bits per heavy atom. The van der Waals surface area contributed by atoms with Gasteiger partial charge in [0.15, 0.2) is 0 Å². The summed E-state index contributed by atoms with van der Waals surface area (Å²) in [5.74, 6) is 0.596. The highest BCUT2D eigenvalue weighted by atomic mass is 79.9. The third-order valence-electron chi connectivity index (χ3n) is 1.61. The van der Waals surface area contributed by atoms with E-state index in [-0.39, 0.29) is 6.61 Å². The van der Waals surface area contributed by atoms with Crippen molar-refractivity contribution in [3.05, 3.63) is 34.6 Å². The molecule has 0 radical (unpaired) electrons. The number of hydrogen-bond donors (Lipinski definition) is 1. The van der Waals surface area contributed by atoms with E-state index < -0.39 is 0 Å². The van der Waals surface area contributed by atoms with Gasteiger partial charge in [0.2, 0.25) is 0 Å². The van der Waals surface area contributed by atoms with Gasteiger partial charge in [-0.05, 0) is 19.1 Å². The number of aryl methyl sites for hydroxylation is 1. The summed E-state index contributed by atoms with van der Waals surface area (Å²) >= 11 is 3.19. The molecule has 0 aromatic carbocycles. The Balaban J connectivity index is 2.80. The van der Waals surface area contributed by atoms with Gasteiger partial charge < -0.3 is 9.84 Å². The number of aliphatic hydroxyl groups excluding tert-OH is 1. The molecule has 0 saturated carbocycles. The Morgan fingerprint density at radius 3 is 2.93 bits per heavy atom. The predicted octanol–water partition coefficient (Wildman–Crippen LogP) is 2.17. The molecule has 0 aliphatic heterocycles. The molecule has 76 valence electrons. The largest absolute Gasteiger partial charge is 0.486 e. The topological polar surface area (TPSA) is 42.4 Å². The Hall–Kier alpha value is -0.870. The van der Waals surface area contributed by atoms with E-state index in [2.05, 4.69) is 27.5 Å². The van der Waals surface area contributed by atoms with Gasteiger partial charge in [0.05, 0.1) is 6.61 Å². The molecule has 4 heteroatoms. The summed E-state index contributed by atoms with van der Waals surface area (Å²) in [5, 5.41) is 9.03. The molecule has 14 heavy (non-hydrogen) atoms. The lowest BCUT2D eigenvalue weighted by molar-refractivity contribution is 0.263. The van der Waals surface area contributed by atoms with Crippen LogP contribution in [0.25, 0.3) is 0 Å². The maximum absolute atomic E-state index is 9.03. The molecule has 0 unspecified atom stereocenters. The number of rotatable bonds is 4. The first-order valence-corrected chi connectivity index (χ1v) is 4.96. The van der Waals surface area contributed by atoms with Crippen LogP contribution < -0.4 is 4.74 Å². The van der Waals surface area contributed by atoms with E-state index >= 15 is 0 Å². The second kappa shape index (κ2) is 5.12. The van der Waals surface area contributed by atoms with Gasteiger partial charge in [0.25, 0.3) is 0 Å². The molecular formula is C10H12BrNO2. The van der Waals surface area contributed by atoms with Crippen LogP contribution in [0.3, 0.4) is 0 Å². The Bertz CT molecular complexity index is 339. The molecular weight excluding hydrogens is 246 g/mol. The highest BCUT2D eigenvalue weighted by molar-refractivity contribution is 9.11. The van der Waals surface area contributed by atoms with E-state index in [4.69, 9.17) is 9.84 Å². The first kappa shape index (κ1) is 11.2. The smallest absolute Gasteiger partial charge is 0.143 e. The van der Waals surface area contributed by atoms with Crippen molar-refractivity contribution in [2.45, 2.75) is 13.5 Å². The van der Waals surface area contributed by atoms with Crippen molar-refractivity contribution in [2.75, 3.05) is 6.61 Å². The molecule has 3 nitrogen and oxygen atoms in total. The summed E-state index contributed by atoms with van der Waals surface area (Å²) in [6.45, 7) is 5.77. The zero-order chi connectivity index (χ0) is 10.6. The second-order valence-electron chi connectivity index (χ2n) is 2.86. The number of ether oxygens (including phenoxy) is 1. The molecule has 0 bridgehead atoms. The van der Waals surface area contributed by atoms with Gasteiger partial charge in [0, 0.05) is 10.2 Å². The maximum Gasteiger partial charge on any atom is 0.143 e. The third kappa shape index (κ3) is 3.12. The van der Waals surface area contributed by atoms with E-state index in [1.807, 2.05) is 13.0 Å². The Morgan fingerprint density at radius 2 is 2.36 bits per heavy atom. The minimum atomic E-state index is -0.119. The van der Waals surface area contributed by atoms with Gasteiger partial charge in [-0.2, -0.15) is 0 Å². The Labute approximate surface area is 91.6 Å². The zero-order valence-electron chi connectivity index (χ0n) is 7.96. The van der Waals surface area contributed by atoms with Crippen molar-refractivity contribution >= 4 is 15.9 Å². The fraction of sp³-hybridized carbons (Fsp3) is 0.300. The molecule has 0 spiro atoms. The monoisotopic (exact) mass is 257 g/mol. The molecule has 0 saturated heterocycles. The molecule has 0 fully saturated rings. The molecule has 1 aromatic heterocycles. The highest BCUT2D eigenvalue weighted by Crippen LogP contribution is 2.18. The van der Waals surface area contributed by atoms with Crippen molar-refractivity contribution in [3.63, 3.8) is 0 Å². The van der Waals surface area contributed by atoms with Crippen molar-refractivity contribution in [1.29, 1.82) is 0 Å². The van der Waals surface area contributed by atoms with E-state index in [0.29, 0.717) is 18.1 Å². The summed E-state index contributed by atoms with van der Waals surface area (Å²) < 4.78 is 6.13. The minimum absolute atomic E-state index is 0.119. The average Bonchev–Trinajstić information content (AvgIpc) is 2.15. The van der Waals surface area contributed by atoms with Crippen LogP contribution in [0.15, 0.2) is 23.2 Å². The lowest BCUT2D eigenvalue weighted by Crippen LogP contribution is -2.02. The van der Waals surface area contributed by atoms with Gasteiger partial charge in [-0.25, -0.2) is 0 Å². The van der Waals surface area contributed by atoms with Crippen LogP contribution in [-0.4, -0.2) is 16.7 Å². The first-order chi connectivity index (χ1) is 6.63. The number of nitrogens with zero attached hydrogens (tertiary/aromatic N) is 1. The summed E-state index contributed by atoms with van der Waals surface area (Å²) in [6.07, 6.45) is 0. The van der Waals surface area contributed by atoms with Crippen LogP contribution in [0.5, 0.6) is 5.75 Å². The fourth-order valence-corrected chi connectivity index (χ4v) is 1.11. The molecule has 0 atom stereocenters. The maximum atomic E-state index is 9.03. The van der Waals surface area contributed by atoms with Gasteiger partial charge in [-0.15, -0.1) is 0 Å². The lowest BCUT2D eigenvalue weighted by Gasteiger charge is -2.08. The van der Waals surface area contributed by atoms with E-state index in [1.54, 1.807) is 6.07 Å². The van der Waals surface area contributed by atoms with Gasteiger partial charge in [-0.1, -0.05) is 22.5 Å². The van der Waals surface area contributed by atoms with Crippen LogP contribution in [0.2, 0.25) is 0 Å². The number of aromatic nitrogens is 1. The van der Waals surface area contributed by atoms with Crippen molar-refractivity contribution in [2.24, 2.45) is 0 Å². The average molecular weight is 258 g/mol. The van der Waals surface area contributed by atoms with Gasteiger partial charge in [-0.3, -0.25) is 4.98 Å². The molecule has 0 amide bonds. The first-order valence-electron chi connectivity index (χ1n) is 4.17. The van der Waals surface area contributed by atoms with Crippen molar-refractivity contribution in [3.8, 4) is 5.75 Å². The van der Waals surface area contributed by atoms with Gasteiger partial charge >= 0.3 is 0 Å². The van der Waals surface area contributed by atoms with Crippen LogP contribution in [-0.2, 0) is 6.61 Å². The van der Waals surface area contributed by atoms with Crippen LogP contribution in [0.4, 0.5) is 0 Å². The molecule has 1 heterocycles. The summed E-state index contributed by atoms with van der Waals surface area (Å²) in [5.41, 5.74) is 1.41. The predicted molar refractivity (Wildman–Crippen MR) is 58.5 cm³/mol.